The van der Waals surface area contributed by atoms with Crippen molar-refractivity contribution in [1.29, 1.82) is 0 Å². The van der Waals surface area contributed by atoms with Crippen molar-refractivity contribution in [2.45, 2.75) is 52.1 Å². The molecule has 0 amide bonds. The zero-order chi connectivity index (χ0) is 14.0. The fourth-order valence-electron chi connectivity index (χ4n) is 3.38. The molecule has 3 heteroatoms. The van der Waals surface area contributed by atoms with Crippen molar-refractivity contribution >= 4 is 31.9 Å². The molecule has 0 spiro atoms. The number of rotatable bonds is 3. The second-order valence-electron chi connectivity index (χ2n) is 6.17. The highest BCUT2D eigenvalue weighted by molar-refractivity contribution is 9.11. The lowest BCUT2D eigenvalue weighted by atomic mass is 9.80. The topological polar surface area (TPSA) is 12.0 Å². The Kier molecular flexibility index (Phi) is 5.50. The number of nitrogens with one attached hydrogen (secondary N) is 1. The van der Waals surface area contributed by atoms with Gasteiger partial charge < -0.3 is 5.32 Å². The first-order valence-corrected chi connectivity index (χ1v) is 8.75. The van der Waals surface area contributed by atoms with Gasteiger partial charge in [0.2, 0.25) is 0 Å². The summed E-state index contributed by atoms with van der Waals surface area (Å²) >= 11 is 7.18. The van der Waals surface area contributed by atoms with Crippen molar-refractivity contribution in [2.75, 3.05) is 0 Å². The number of halogens is 2. The van der Waals surface area contributed by atoms with E-state index in [9.17, 15) is 0 Å². The third-order valence-electron chi connectivity index (χ3n) is 4.09. The summed E-state index contributed by atoms with van der Waals surface area (Å²) in [6, 6.07) is 7.49. The van der Waals surface area contributed by atoms with Gasteiger partial charge in [0.25, 0.3) is 0 Å². The van der Waals surface area contributed by atoms with Gasteiger partial charge in [0.1, 0.15) is 0 Å². The van der Waals surface area contributed by atoms with Crippen molar-refractivity contribution in [3.63, 3.8) is 0 Å². The minimum atomic E-state index is 0.393. The van der Waals surface area contributed by atoms with Crippen molar-refractivity contribution in [3.8, 4) is 0 Å². The zero-order valence-corrected chi connectivity index (χ0v) is 15.1. The van der Waals surface area contributed by atoms with E-state index in [0.29, 0.717) is 12.1 Å². The number of hydrogen-bond acceptors (Lipinski definition) is 1. The minimum Gasteiger partial charge on any atom is -0.307 e. The number of benzene rings is 1. The average Bonchev–Trinajstić information content (AvgIpc) is 2.26. The van der Waals surface area contributed by atoms with E-state index in [1.54, 1.807) is 0 Å². The van der Waals surface area contributed by atoms with Gasteiger partial charge in [0.05, 0.1) is 0 Å². The van der Waals surface area contributed by atoms with Gasteiger partial charge in [-0.05, 0) is 55.7 Å². The van der Waals surface area contributed by atoms with Crippen LogP contribution in [-0.4, -0.2) is 6.04 Å². The molecule has 0 aliphatic heterocycles. The van der Waals surface area contributed by atoms with Crippen LogP contribution >= 0.6 is 31.9 Å². The third kappa shape index (κ3) is 4.30. The molecule has 1 aromatic carbocycles. The monoisotopic (exact) mass is 387 g/mol. The van der Waals surface area contributed by atoms with E-state index in [1.165, 1.54) is 29.3 Å². The molecule has 106 valence electrons. The third-order valence-corrected chi connectivity index (χ3v) is 5.27. The lowest BCUT2D eigenvalue weighted by molar-refractivity contribution is 0.228. The van der Waals surface area contributed by atoms with Gasteiger partial charge in [0, 0.05) is 21.0 Å². The molecule has 1 saturated carbocycles. The van der Waals surface area contributed by atoms with Gasteiger partial charge in [-0.15, -0.1) is 0 Å². The molecule has 1 nitrogen and oxygen atoms in total. The van der Waals surface area contributed by atoms with E-state index in [1.807, 2.05) is 0 Å². The van der Waals surface area contributed by atoms with Crippen LogP contribution in [0.2, 0.25) is 0 Å². The van der Waals surface area contributed by atoms with Crippen LogP contribution < -0.4 is 5.32 Å². The number of hydrogen-bond donors (Lipinski definition) is 1. The standard InChI is InChI=1S/C16H23Br2N/c1-10-6-11(2)8-14(7-10)19-12(3)15-5-4-13(17)9-16(15)18/h4-5,9-12,14,19H,6-8H2,1-3H3. The van der Waals surface area contributed by atoms with E-state index in [4.69, 9.17) is 0 Å². The Morgan fingerprint density at radius 3 is 2.32 bits per heavy atom. The van der Waals surface area contributed by atoms with Gasteiger partial charge in [0.15, 0.2) is 0 Å². The lowest BCUT2D eigenvalue weighted by Crippen LogP contribution is -2.37. The molecule has 0 saturated heterocycles. The van der Waals surface area contributed by atoms with Crippen molar-refractivity contribution in [2.24, 2.45) is 11.8 Å². The lowest BCUT2D eigenvalue weighted by Gasteiger charge is -2.34. The van der Waals surface area contributed by atoms with Crippen molar-refractivity contribution < 1.29 is 0 Å². The summed E-state index contributed by atoms with van der Waals surface area (Å²) in [5, 5.41) is 3.81. The molecule has 19 heavy (non-hydrogen) atoms. The maximum atomic E-state index is 3.81. The smallest absolute Gasteiger partial charge is 0.0305 e. The Morgan fingerprint density at radius 1 is 1.11 bits per heavy atom. The van der Waals surface area contributed by atoms with E-state index in [0.717, 1.165) is 16.3 Å². The van der Waals surface area contributed by atoms with Gasteiger partial charge in [-0.25, -0.2) is 0 Å². The molecular weight excluding hydrogens is 366 g/mol. The molecule has 2 rings (SSSR count). The quantitative estimate of drug-likeness (QED) is 0.701. The average molecular weight is 389 g/mol. The predicted octanol–water partition coefficient (Wildman–Crippen LogP) is 5.69. The van der Waals surface area contributed by atoms with Crippen LogP contribution in [0.5, 0.6) is 0 Å². The first-order valence-electron chi connectivity index (χ1n) is 7.16. The van der Waals surface area contributed by atoms with Crippen LogP contribution in [-0.2, 0) is 0 Å². The van der Waals surface area contributed by atoms with Gasteiger partial charge >= 0.3 is 0 Å². The highest BCUT2D eigenvalue weighted by Crippen LogP contribution is 2.32. The summed E-state index contributed by atoms with van der Waals surface area (Å²) in [6.07, 6.45) is 4.00. The first kappa shape index (κ1) is 15.5. The predicted molar refractivity (Wildman–Crippen MR) is 89.4 cm³/mol. The van der Waals surface area contributed by atoms with Crippen LogP contribution in [0.15, 0.2) is 27.1 Å². The Labute approximate surface area is 133 Å². The van der Waals surface area contributed by atoms with Gasteiger partial charge in [-0.3, -0.25) is 0 Å². The molecule has 3 atom stereocenters. The van der Waals surface area contributed by atoms with Crippen LogP contribution in [0.1, 0.15) is 51.6 Å². The molecular formula is C16H23Br2N. The molecule has 1 N–H and O–H groups in total. The summed E-state index contributed by atoms with van der Waals surface area (Å²) in [7, 11) is 0. The molecule has 0 heterocycles. The first-order chi connectivity index (χ1) is 8.95. The summed E-state index contributed by atoms with van der Waals surface area (Å²) in [4.78, 5) is 0. The van der Waals surface area contributed by atoms with Crippen LogP contribution in [0, 0.1) is 11.8 Å². The Morgan fingerprint density at radius 2 is 1.74 bits per heavy atom. The Bertz CT molecular complexity index is 423. The Hall–Kier alpha value is 0.140. The molecule has 1 aliphatic carbocycles. The molecule has 0 aromatic heterocycles. The van der Waals surface area contributed by atoms with Crippen LogP contribution in [0.25, 0.3) is 0 Å². The highest BCUT2D eigenvalue weighted by Gasteiger charge is 2.25. The maximum absolute atomic E-state index is 3.81. The van der Waals surface area contributed by atoms with Crippen LogP contribution in [0.4, 0.5) is 0 Å². The molecule has 0 bridgehead atoms. The Balaban J connectivity index is 2.02. The molecule has 1 aromatic rings. The summed E-state index contributed by atoms with van der Waals surface area (Å²) in [5.41, 5.74) is 1.34. The second-order valence-corrected chi connectivity index (χ2v) is 7.94. The molecule has 1 fully saturated rings. The molecule has 0 radical (unpaired) electrons. The summed E-state index contributed by atoms with van der Waals surface area (Å²) < 4.78 is 2.30. The van der Waals surface area contributed by atoms with Gasteiger partial charge in [-0.1, -0.05) is 51.8 Å². The summed E-state index contributed by atoms with van der Waals surface area (Å²) in [5.74, 6) is 1.70. The second kappa shape index (κ2) is 6.73. The van der Waals surface area contributed by atoms with E-state index < -0.39 is 0 Å². The van der Waals surface area contributed by atoms with E-state index in [2.05, 4.69) is 76.1 Å². The van der Waals surface area contributed by atoms with Crippen molar-refractivity contribution in [3.05, 3.63) is 32.7 Å². The molecule has 3 unspecified atom stereocenters. The normalized spacial score (nSPS) is 29.2. The highest BCUT2D eigenvalue weighted by atomic mass is 79.9. The SMILES string of the molecule is CC1CC(C)CC(NC(C)c2ccc(Br)cc2Br)C1. The minimum absolute atomic E-state index is 0.393. The largest absolute Gasteiger partial charge is 0.307 e. The van der Waals surface area contributed by atoms with Gasteiger partial charge in [-0.2, -0.15) is 0 Å². The van der Waals surface area contributed by atoms with Crippen LogP contribution in [0.3, 0.4) is 0 Å². The van der Waals surface area contributed by atoms with E-state index in [-0.39, 0.29) is 0 Å². The van der Waals surface area contributed by atoms with E-state index >= 15 is 0 Å². The maximum Gasteiger partial charge on any atom is 0.0305 e. The fourth-order valence-corrected chi connectivity index (χ4v) is 4.77. The van der Waals surface area contributed by atoms with Crippen molar-refractivity contribution in [1.82, 2.24) is 5.32 Å². The fraction of sp³-hybridized carbons (Fsp3) is 0.625. The molecule has 1 aliphatic rings. The summed E-state index contributed by atoms with van der Waals surface area (Å²) in [6.45, 7) is 7.02. The zero-order valence-electron chi connectivity index (χ0n) is 11.9.